The summed E-state index contributed by atoms with van der Waals surface area (Å²) in [7, 11) is 0. The van der Waals surface area contributed by atoms with E-state index in [4.69, 9.17) is 27.9 Å². The van der Waals surface area contributed by atoms with Crippen molar-refractivity contribution in [2.45, 2.75) is 6.92 Å². The van der Waals surface area contributed by atoms with Gasteiger partial charge in [0, 0.05) is 0 Å². The molecule has 20 heavy (non-hydrogen) atoms. The molecule has 7 heteroatoms. The van der Waals surface area contributed by atoms with E-state index in [9.17, 15) is 4.79 Å². The lowest BCUT2D eigenvalue weighted by atomic mass is 10.2. The topological polar surface area (TPSA) is 64.1 Å². The van der Waals surface area contributed by atoms with E-state index in [-0.39, 0.29) is 5.28 Å². The molecule has 0 bridgehead atoms. The molecule has 1 aromatic heterocycles. The average molecular weight is 312 g/mol. The van der Waals surface area contributed by atoms with E-state index in [1.165, 1.54) is 6.20 Å². The van der Waals surface area contributed by atoms with Crippen LogP contribution in [0.1, 0.15) is 17.3 Å². The van der Waals surface area contributed by atoms with Crippen LogP contribution >= 0.6 is 23.2 Å². The van der Waals surface area contributed by atoms with E-state index >= 15 is 0 Å². The highest BCUT2D eigenvalue weighted by atomic mass is 35.5. The summed E-state index contributed by atoms with van der Waals surface area (Å²) in [5.41, 5.74) is 0.919. The van der Waals surface area contributed by atoms with Gasteiger partial charge >= 0.3 is 5.97 Å². The molecule has 5 nitrogen and oxygen atoms in total. The number of esters is 1. The third-order valence-corrected chi connectivity index (χ3v) is 2.85. The van der Waals surface area contributed by atoms with Crippen LogP contribution < -0.4 is 5.32 Å². The maximum absolute atomic E-state index is 11.9. The van der Waals surface area contributed by atoms with Crippen molar-refractivity contribution in [3.05, 3.63) is 46.3 Å². The van der Waals surface area contributed by atoms with Crippen molar-refractivity contribution in [2.24, 2.45) is 0 Å². The van der Waals surface area contributed by atoms with Crippen molar-refractivity contribution >= 4 is 40.7 Å². The van der Waals surface area contributed by atoms with E-state index < -0.39 is 5.97 Å². The molecule has 2 aromatic rings. The number of halogens is 2. The van der Waals surface area contributed by atoms with Gasteiger partial charge in [-0.15, -0.1) is 0 Å². The van der Waals surface area contributed by atoms with Gasteiger partial charge in [0.05, 0.1) is 24.1 Å². The molecule has 1 aromatic carbocycles. The zero-order valence-electron chi connectivity index (χ0n) is 10.6. The van der Waals surface area contributed by atoms with Crippen molar-refractivity contribution in [3.63, 3.8) is 0 Å². The Morgan fingerprint density at radius 3 is 2.85 bits per heavy atom. The minimum atomic E-state index is -0.424. The van der Waals surface area contributed by atoms with Crippen molar-refractivity contribution in [2.75, 3.05) is 11.9 Å². The minimum Gasteiger partial charge on any atom is -0.462 e. The van der Waals surface area contributed by atoms with Gasteiger partial charge < -0.3 is 10.1 Å². The monoisotopic (exact) mass is 311 g/mol. The van der Waals surface area contributed by atoms with Crippen LogP contribution in [-0.4, -0.2) is 22.5 Å². The Hall–Kier alpha value is -1.85. The molecule has 0 atom stereocenters. The van der Waals surface area contributed by atoms with Crippen LogP contribution in [0.15, 0.2) is 30.5 Å². The normalized spacial score (nSPS) is 10.2. The molecular formula is C13H11Cl2N3O2. The van der Waals surface area contributed by atoms with E-state index in [0.29, 0.717) is 28.7 Å². The highest BCUT2D eigenvalue weighted by Crippen LogP contribution is 2.26. The highest BCUT2D eigenvalue weighted by Gasteiger charge is 2.13. The Morgan fingerprint density at radius 2 is 2.10 bits per heavy atom. The molecule has 0 aliphatic carbocycles. The standard InChI is InChI=1S/C13H11Cl2N3O2/c1-2-20-12(19)8-5-3-4-6-10(8)17-11-9(14)7-16-13(15)18-11/h3-7H,2H2,1H3,(H,16,17,18). The maximum atomic E-state index is 11.9. The number of hydrogen-bond acceptors (Lipinski definition) is 5. The number of nitrogens with one attached hydrogen (secondary N) is 1. The quantitative estimate of drug-likeness (QED) is 0.689. The Morgan fingerprint density at radius 1 is 1.35 bits per heavy atom. The molecule has 104 valence electrons. The highest BCUT2D eigenvalue weighted by molar-refractivity contribution is 6.33. The molecule has 1 N–H and O–H groups in total. The van der Waals surface area contributed by atoms with E-state index in [0.717, 1.165) is 0 Å². The van der Waals surface area contributed by atoms with Crippen LogP contribution in [0.2, 0.25) is 10.3 Å². The number of ether oxygens (including phenoxy) is 1. The summed E-state index contributed by atoms with van der Waals surface area (Å²) in [6.07, 6.45) is 1.38. The lowest BCUT2D eigenvalue weighted by Crippen LogP contribution is -2.08. The van der Waals surface area contributed by atoms with Gasteiger partial charge in [0.1, 0.15) is 5.02 Å². The molecule has 0 fully saturated rings. The molecule has 2 rings (SSSR count). The Bertz CT molecular complexity index is 635. The summed E-state index contributed by atoms with van der Waals surface area (Å²) in [4.78, 5) is 19.6. The van der Waals surface area contributed by atoms with Crippen LogP contribution in [0.5, 0.6) is 0 Å². The maximum Gasteiger partial charge on any atom is 0.340 e. The summed E-state index contributed by atoms with van der Waals surface area (Å²) in [6, 6.07) is 6.89. The molecule has 0 aliphatic heterocycles. The molecule has 0 amide bonds. The van der Waals surface area contributed by atoms with Crippen molar-refractivity contribution in [1.82, 2.24) is 9.97 Å². The van der Waals surface area contributed by atoms with Crippen molar-refractivity contribution in [1.29, 1.82) is 0 Å². The summed E-state index contributed by atoms with van der Waals surface area (Å²) in [6.45, 7) is 2.04. The molecule has 0 radical (unpaired) electrons. The first-order valence-corrected chi connectivity index (χ1v) is 6.58. The van der Waals surface area contributed by atoms with Crippen LogP contribution in [0.25, 0.3) is 0 Å². The zero-order chi connectivity index (χ0) is 14.5. The van der Waals surface area contributed by atoms with Gasteiger partial charge in [-0.1, -0.05) is 23.7 Å². The average Bonchev–Trinajstić information content (AvgIpc) is 2.44. The van der Waals surface area contributed by atoms with Crippen LogP contribution in [0, 0.1) is 0 Å². The number of carbonyl (C=O) groups excluding carboxylic acids is 1. The van der Waals surface area contributed by atoms with Gasteiger partial charge in [0.2, 0.25) is 5.28 Å². The predicted molar refractivity (Wildman–Crippen MR) is 77.7 cm³/mol. The first kappa shape index (κ1) is 14.6. The van der Waals surface area contributed by atoms with Crippen molar-refractivity contribution < 1.29 is 9.53 Å². The fraction of sp³-hybridized carbons (Fsp3) is 0.154. The SMILES string of the molecule is CCOC(=O)c1ccccc1Nc1nc(Cl)ncc1Cl. The molecule has 1 heterocycles. The molecule has 0 aliphatic rings. The number of carbonyl (C=O) groups is 1. The lowest BCUT2D eigenvalue weighted by Gasteiger charge is -2.11. The second kappa shape index (κ2) is 6.54. The van der Waals surface area contributed by atoms with Gasteiger partial charge in [-0.25, -0.2) is 9.78 Å². The van der Waals surface area contributed by atoms with Gasteiger partial charge in [0.15, 0.2) is 5.82 Å². The van der Waals surface area contributed by atoms with E-state index in [1.54, 1.807) is 31.2 Å². The Balaban J connectivity index is 2.34. The van der Waals surface area contributed by atoms with E-state index in [1.807, 2.05) is 0 Å². The molecule has 0 unspecified atom stereocenters. The molecule has 0 spiro atoms. The molecule has 0 saturated heterocycles. The molecule has 0 saturated carbocycles. The summed E-state index contributed by atoms with van der Waals surface area (Å²) >= 11 is 11.7. The van der Waals surface area contributed by atoms with Gasteiger partial charge in [-0.3, -0.25) is 0 Å². The first-order valence-electron chi connectivity index (χ1n) is 5.83. The number of hydrogen-bond donors (Lipinski definition) is 1. The second-order valence-corrected chi connectivity index (χ2v) is 4.47. The van der Waals surface area contributed by atoms with Gasteiger partial charge in [-0.2, -0.15) is 4.98 Å². The number of nitrogens with zero attached hydrogens (tertiary/aromatic N) is 2. The van der Waals surface area contributed by atoms with Crippen LogP contribution in [-0.2, 0) is 4.74 Å². The van der Waals surface area contributed by atoms with Gasteiger partial charge in [0.25, 0.3) is 0 Å². The third-order valence-electron chi connectivity index (χ3n) is 2.39. The van der Waals surface area contributed by atoms with Crippen LogP contribution in [0.3, 0.4) is 0 Å². The largest absolute Gasteiger partial charge is 0.462 e. The Labute approximate surface area is 125 Å². The summed E-state index contributed by atoms with van der Waals surface area (Å²) in [5.74, 6) is -0.102. The fourth-order valence-electron chi connectivity index (χ4n) is 1.54. The Kier molecular flexibility index (Phi) is 4.76. The fourth-order valence-corrected chi connectivity index (χ4v) is 1.81. The molecular weight excluding hydrogens is 301 g/mol. The number of anilines is 2. The number of rotatable bonds is 4. The lowest BCUT2D eigenvalue weighted by molar-refractivity contribution is 0.0527. The predicted octanol–water partition coefficient (Wildman–Crippen LogP) is 3.70. The van der Waals surface area contributed by atoms with Crippen molar-refractivity contribution in [3.8, 4) is 0 Å². The first-order chi connectivity index (χ1) is 9.61. The number of aromatic nitrogens is 2. The zero-order valence-corrected chi connectivity index (χ0v) is 12.1. The van der Waals surface area contributed by atoms with Crippen LogP contribution in [0.4, 0.5) is 11.5 Å². The van der Waals surface area contributed by atoms with E-state index in [2.05, 4.69) is 15.3 Å². The second-order valence-electron chi connectivity index (χ2n) is 3.73. The minimum absolute atomic E-state index is 0.0607. The number of benzene rings is 1. The van der Waals surface area contributed by atoms with Gasteiger partial charge in [-0.05, 0) is 30.7 Å². The summed E-state index contributed by atoms with van der Waals surface area (Å²) < 4.78 is 4.99. The smallest absolute Gasteiger partial charge is 0.340 e. The summed E-state index contributed by atoms with van der Waals surface area (Å²) in [5, 5.41) is 3.31. The third kappa shape index (κ3) is 3.37. The number of para-hydroxylation sites is 1.